The average molecular weight is 228 g/mol. The fraction of sp³-hybridized carbons (Fsp3) is 0.400. The molecule has 3 N–H and O–H groups in total. The number of aromatic nitrogens is 1. The van der Waals surface area contributed by atoms with Gasteiger partial charge in [0.05, 0.1) is 0 Å². The molecule has 0 aliphatic rings. The third-order valence-corrected chi connectivity index (χ3v) is 2.33. The van der Waals surface area contributed by atoms with Gasteiger partial charge in [0.1, 0.15) is 5.15 Å². The number of halogens is 1. The number of nitrogens with one attached hydrogen (secondary N) is 1. The predicted molar refractivity (Wildman–Crippen MR) is 59.4 cm³/mol. The van der Waals surface area contributed by atoms with Crippen molar-refractivity contribution >= 4 is 17.5 Å². The topological polar surface area (TPSA) is 68.0 Å². The van der Waals surface area contributed by atoms with E-state index in [1.807, 2.05) is 19.1 Å². The van der Waals surface area contributed by atoms with E-state index in [4.69, 9.17) is 17.3 Å². The Hall–Kier alpha value is -1.13. The molecule has 0 spiro atoms. The first-order valence-electron chi connectivity index (χ1n) is 4.70. The second-order valence-electron chi connectivity index (χ2n) is 3.41. The lowest BCUT2D eigenvalue weighted by molar-refractivity contribution is -0.118. The Labute approximate surface area is 93.8 Å². The van der Waals surface area contributed by atoms with Crippen LogP contribution in [-0.2, 0) is 11.3 Å². The van der Waals surface area contributed by atoms with Crippen molar-refractivity contribution in [2.75, 3.05) is 0 Å². The van der Waals surface area contributed by atoms with Crippen molar-refractivity contribution in [3.05, 3.63) is 29.0 Å². The molecule has 15 heavy (non-hydrogen) atoms. The third-order valence-electron chi connectivity index (χ3n) is 1.98. The molecule has 4 nitrogen and oxygen atoms in total. The number of rotatable bonds is 5. The number of nitrogens with zero attached hydrogens (tertiary/aromatic N) is 1. The maximum Gasteiger partial charge on any atom is 0.218 e. The van der Waals surface area contributed by atoms with Crippen molar-refractivity contribution in [3.63, 3.8) is 0 Å². The Balaban J connectivity index is 2.43. The van der Waals surface area contributed by atoms with Crippen LogP contribution in [0.5, 0.6) is 0 Å². The van der Waals surface area contributed by atoms with Gasteiger partial charge in [-0.25, -0.2) is 4.98 Å². The number of primary amides is 1. The number of pyridine rings is 1. The molecule has 0 aromatic carbocycles. The maximum atomic E-state index is 10.6. The first kappa shape index (κ1) is 11.9. The van der Waals surface area contributed by atoms with Crippen LogP contribution in [0.3, 0.4) is 0 Å². The Bertz CT molecular complexity index is 343. The zero-order valence-corrected chi connectivity index (χ0v) is 9.29. The summed E-state index contributed by atoms with van der Waals surface area (Å²) in [4.78, 5) is 14.6. The molecule has 0 bridgehead atoms. The molecule has 0 radical (unpaired) electrons. The van der Waals surface area contributed by atoms with Gasteiger partial charge in [-0.15, -0.1) is 0 Å². The maximum absolute atomic E-state index is 10.6. The second kappa shape index (κ2) is 5.68. The van der Waals surface area contributed by atoms with Crippen LogP contribution < -0.4 is 11.1 Å². The lowest BCUT2D eigenvalue weighted by atomic mass is 10.2. The number of hydrogen-bond donors (Lipinski definition) is 2. The zero-order valence-electron chi connectivity index (χ0n) is 8.53. The van der Waals surface area contributed by atoms with E-state index >= 15 is 0 Å². The fourth-order valence-electron chi connectivity index (χ4n) is 1.21. The fourth-order valence-corrected chi connectivity index (χ4v) is 1.40. The highest BCUT2D eigenvalue weighted by Crippen LogP contribution is 2.11. The van der Waals surface area contributed by atoms with E-state index in [9.17, 15) is 4.79 Å². The van der Waals surface area contributed by atoms with Gasteiger partial charge in [0.2, 0.25) is 5.91 Å². The molecule has 1 aromatic heterocycles. The molecule has 1 amide bonds. The SMILES string of the molecule is CC(CC(N)=O)NCc1cccnc1Cl. The highest BCUT2D eigenvalue weighted by molar-refractivity contribution is 6.30. The molecule has 1 atom stereocenters. The van der Waals surface area contributed by atoms with Crippen LogP contribution in [0.25, 0.3) is 0 Å². The zero-order chi connectivity index (χ0) is 11.3. The summed E-state index contributed by atoms with van der Waals surface area (Å²) in [6, 6.07) is 3.75. The quantitative estimate of drug-likeness (QED) is 0.740. The summed E-state index contributed by atoms with van der Waals surface area (Å²) in [6.45, 7) is 2.48. The van der Waals surface area contributed by atoms with Crippen molar-refractivity contribution < 1.29 is 4.79 Å². The highest BCUT2D eigenvalue weighted by Gasteiger charge is 2.06. The summed E-state index contributed by atoms with van der Waals surface area (Å²) in [7, 11) is 0. The number of carbonyl (C=O) groups excluding carboxylic acids is 1. The molecule has 1 heterocycles. The Morgan fingerprint density at radius 2 is 2.47 bits per heavy atom. The standard InChI is InChI=1S/C10H14ClN3O/c1-7(5-9(12)15)14-6-8-3-2-4-13-10(8)11/h2-4,7,14H,5-6H2,1H3,(H2,12,15). The van der Waals surface area contributed by atoms with E-state index in [0.717, 1.165) is 5.56 Å². The summed E-state index contributed by atoms with van der Waals surface area (Å²) >= 11 is 5.87. The molecule has 1 rings (SSSR count). The number of carbonyl (C=O) groups is 1. The van der Waals surface area contributed by atoms with Gasteiger partial charge in [0, 0.05) is 30.8 Å². The largest absolute Gasteiger partial charge is 0.370 e. The van der Waals surface area contributed by atoms with Gasteiger partial charge < -0.3 is 11.1 Å². The Morgan fingerprint density at radius 1 is 1.73 bits per heavy atom. The summed E-state index contributed by atoms with van der Waals surface area (Å²) < 4.78 is 0. The van der Waals surface area contributed by atoms with E-state index in [1.54, 1.807) is 6.20 Å². The lowest BCUT2D eigenvalue weighted by Gasteiger charge is -2.12. The van der Waals surface area contributed by atoms with Crippen LogP contribution in [0, 0.1) is 0 Å². The van der Waals surface area contributed by atoms with Crippen molar-refractivity contribution in [1.29, 1.82) is 0 Å². The van der Waals surface area contributed by atoms with Crippen molar-refractivity contribution in [3.8, 4) is 0 Å². The Kier molecular flexibility index (Phi) is 4.52. The van der Waals surface area contributed by atoms with Crippen LogP contribution in [0.15, 0.2) is 18.3 Å². The second-order valence-corrected chi connectivity index (χ2v) is 3.76. The minimum Gasteiger partial charge on any atom is -0.370 e. The lowest BCUT2D eigenvalue weighted by Crippen LogP contribution is -2.30. The summed E-state index contributed by atoms with van der Waals surface area (Å²) in [6.07, 6.45) is 1.95. The van der Waals surface area contributed by atoms with Crippen molar-refractivity contribution in [1.82, 2.24) is 10.3 Å². The molecule has 0 saturated carbocycles. The molecule has 5 heteroatoms. The normalized spacial score (nSPS) is 12.4. The van der Waals surface area contributed by atoms with Gasteiger partial charge in [-0.05, 0) is 13.0 Å². The van der Waals surface area contributed by atoms with Gasteiger partial charge >= 0.3 is 0 Å². The van der Waals surface area contributed by atoms with Gasteiger partial charge in [-0.3, -0.25) is 4.79 Å². The summed E-state index contributed by atoms with van der Waals surface area (Å²) in [5.74, 6) is -0.313. The van der Waals surface area contributed by atoms with Crippen LogP contribution in [0.4, 0.5) is 0 Å². The van der Waals surface area contributed by atoms with E-state index in [0.29, 0.717) is 18.1 Å². The first-order valence-corrected chi connectivity index (χ1v) is 5.08. The van der Waals surface area contributed by atoms with Crippen LogP contribution >= 0.6 is 11.6 Å². The van der Waals surface area contributed by atoms with Gasteiger partial charge in [-0.1, -0.05) is 17.7 Å². The van der Waals surface area contributed by atoms with Gasteiger partial charge in [-0.2, -0.15) is 0 Å². The van der Waals surface area contributed by atoms with E-state index in [2.05, 4.69) is 10.3 Å². The third kappa shape index (κ3) is 4.27. The number of nitrogens with two attached hydrogens (primary N) is 1. The highest BCUT2D eigenvalue weighted by atomic mass is 35.5. The molecular formula is C10H14ClN3O. The molecular weight excluding hydrogens is 214 g/mol. The van der Waals surface area contributed by atoms with Crippen molar-refractivity contribution in [2.45, 2.75) is 25.9 Å². The first-order chi connectivity index (χ1) is 7.09. The summed E-state index contributed by atoms with van der Waals surface area (Å²) in [5.41, 5.74) is 5.99. The van der Waals surface area contributed by atoms with Crippen molar-refractivity contribution in [2.24, 2.45) is 5.73 Å². The number of amides is 1. The predicted octanol–water partition coefficient (Wildman–Crippen LogP) is 1.09. The monoisotopic (exact) mass is 227 g/mol. The molecule has 82 valence electrons. The minimum atomic E-state index is -0.313. The van der Waals surface area contributed by atoms with E-state index < -0.39 is 0 Å². The van der Waals surface area contributed by atoms with Gasteiger partial charge in [0.25, 0.3) is 0 Å². The van der Waals surface area contributed by atoms with Crippen LogP contribution in [-0.4, -0.2) is 16.9 Å². The minimum absolute atomic E-state index is 0.0405. The summed E-state index contributed by atoms with van der Waals surface area (Å²) in [5, 5.41) is 3.63. The molecule has 0 fully saturated rings. The van der Waals surface area contributed by atoms with Crippen LogP contribution in [0.1, 0.15) is 18.9 Å². The van der Waals surface area contributed by atoms with Gasteiger partial charge in [0.15, 0.2) is 0 Å². The number of hydrogen-bond acceptors (Lipinski definition) is 3. The molecule has 0 aliphatic heterocycles. The van der Waals surface area contributed by atoms with E-state index in [-0.39, 0.29) is 11.9 Å². The van der Waals surface area contributed by atoms with Crippen LogP contribution in [0.2, 0.25) is 5.15 Å². The molecule has 0 aliphatic carbocycles. The van der Waals surface area contributed by atoms with E-state index in [1.165, 1.54) is 0 Å². The molecule has 1 unspecified atom stereocenters. The molecule has 0 saturated heterocycles. The smallest absolute Gasteiger partial charge is 0.218 e. The Morgan fingerprint density at radius 3 is 3.07 bits per heavy atom. The molecule has 1 aromatic rings. The average Bonchev–Trinajstić information content (AvgIpc) is 2.15.